The monoisotopic (exact) mass is 235 g/mol. The maximum atomic E-state index is 11.7. The van der Waals surface area contributed by atoms with Gasteiger partial charge in [0, 0.05) is 4.53 Å². The number of rotatable bonds is 4. The first-order valence-corrected chi connectivity index (χ1v) is 5.12. The highest BCUT2D eigenvalue weighted by Crippen LogP contribution is 2.08. The van der Waals surface area contributed by atoms with Gasteiger partial charge in [0.2, 0.25) is 0 Å². The van der Waals surface area contributed by atoms with Gasteiger partial charge in [0.05, 0.1) is 0 Å². The molecule has 16 heavy (non-hydrogen) atoms. The van der Waals surface area contributed by atoms with Crippen molar-refractivity contribution in [3.8, 4) is 0 Å². The van der Waals surface area contributed by atoms with Gasteiger partial charge in [0.25, 0.3) is 0 Å². The van der Waals surface area contributed by atoms with Gasteiger partial charge in [-0.2, -0.15) is 0 Å². The van der Waals surface area contributed by atoms with Crippen LogP contribution in [0, 0.1) is 0 Å². The van der Waals surface area contributed by atoms with Crippen molar-refractivity contribution in [2.45, 2.75) is 52.2 Å². The molecule has 0 aliphatic rings. The van der Waals surface area contributed by atoms with Gasteiger partial charge in [-0.1, -0.05) is 13.3 Å². The molecule has 0 aromatic rings. The Morgan fingerprint density at radius 3 is 2.31 bits per heavy atom. The zero-order valence-electron chi connectivity index (χ0n) is 10.0. The number of amides is 1. The third-order valence-corrected chi connectivity index (χ3v) is 1.63. The van der Waals surface area contributed by atoms with Crippen LogP contribution in [0.3, 0.4) is 0 Å². The molecule has 0 unspecified atom stereocenters. The topological polar surface area (TPSA) is 64.6 Å². The quantitative estimate of drug-likeness (QED) is 0.810. The second kappa shape index (κ2) is 6.30. The van der Waals surface area contributed by atoms with E-state index in [2.05, 4.69) is 10.3 Å². The van der Waals surface area contributed by atoms with Crippen molar-refractivity contribution in [3.05, 3.63) is 0 Å². The van der Waals surface area contributed by atoms with Gasteiger partial charge in [0.15, 0.2) is 0 Å². The van der Waals surface area contributed by atoms with Crippen molar-refractivity contribution in [1.82, 2.24) is 5.32 Å². The molecule has 0 fully saturated rings. The van der Waals surface area contributed by atoms with Gasteiger partial charge in [-0.05, 0) is 27.2 Å². The first-order chi connectivity index (χ1) is 7.30. The number of hydrogen-bond acceptors (Lipinski definition) is 4. The molecule has 6 heteroatoms. The molecule has 0 rings (SSSR count). The number of nitrogens with one attached hydrogen (secondary N) is 1. The summed E-state index contributed by atoms with van der Waals surface area (Å²) < 4.78 is 16.6. The Labute approximate surface area is 94.2 Å². The van der Waals surface area contributed by atoms with Gasteiger partial charge < -0.3 is 10.1 Å². The average molecular weight is 235 g/mol. The molecule has 0 spiro atoms. The van der Waals surface area contributed by atoms with Gasteiger partial charge in [0.1, 0.15) is 11.6 Å². The van der Waals surface area contributed by atoms with Gasteiger partial charge in [-0.3, -0.25) is 4.94 Å². The third kappa shape index (κ3) is 6.21. The molecule has 0 aliphatic carbocycles. The molecule has 0 aromatic carbocycles. The Balaban J connectivity index is 4.29. The van der Waals surface area contributed by atoms with Crippen LogP contribution in [-0.4, -0.2) is 23.7 Å². The number of carbonyl (C=O) groups excluding carboxylic acids is 2. The second-order valence-electron chi connectivity index (χ2n) is 4.38. The fourth-order valence-electron chi connectivity index (χ4n) is 1.04. The Bertz CT molecular complexity index is 250. The van der Waals surface area contributed by atoms with Crippen molar-refractivity contribution in [3.63, 3.8) is 0 Å². The molecule has 5 nitrogen and oxygen atoms in total. The first-order valence-electron chi connectivity index (χ1n) is 5.12. The van der Waals surface area contributed by atoms with Crippen LogP contribution in [0.15, 0.2) is 0 Å². The van der Waals surface area contributed by atoms with Crippen LogP contribution in [0.25, 0.3) is 0 Å². The van der Waals surface area contributed by atoms with E-state index in [1.807, 2.05) is 0 Å². The summed E-state index contributed by atoms with van der Waals surface area (Å²) in [6, 6.07) is -1.01. The second-order valence-corrected chi connectivity index (χ2v) is 4.38. The van der Waals surface area contributed by atoms with E-state index in [0.717, 1.165) is 0 Å². The molecule has 1 N–H and O–H groups in total. The Kier molecular flexibility index (Phi) is 5.77. The smallest absolute Gasteiger partial charge is 0.408 e. The van der Waals surface area contributed by atoms with Crippen LogP contribution in [0.2, 0.25) is 0 Å². The minimum atomic E-state index is -1.12. The molecule has 1 atom stereocenters. The van der Waals surface area contributed by atoms with E-state index in [1.54, 1.807) is 27.7 Å². The van der Waals surface area contributed by atoms with E-state index < -0.39 is 23.7 Å². The lowest BCUT2D eigenvalue weighted by atomic mass is 10.2. The molecular formula is C10H18FNO4. The molecule has 0 aliphatic heterocycles. The highest BCUT2D eigenvalue weighted by Gasteiger charge is 2.25. The van der Waals surface area contributed by atoms with Crippen molar-refractivity contribution >= 4 is 12.1 Å². The van der Waals surface area contributed by atoms with Crippen LogP contribution in [-0.2, 0) is 14.5 Å². The van der Waals surface area contributed by atoms with Gasteiger partial charge >= 0.3 is 12.1 Å². The highest BCUT2D eigenvalue weighted by atomic mass is 19.3. The number of alkyl carbamates (subject to hydrolysis) is 1. The normalized spacial score (nSPS) is 12.8. The number of halogens is 1. The Morgan fingerprint density at radius 1 is 1.38 bits per heavy atom. The standard InChI is InChI=1S/C10H18FNO4/c1-5-6-7(8(13)16-11)12-9(14)15-10(2,3)4/h7H,5-6H2,1-4H3,(H,12,14)/t7-/m0/s1. The predicted octanol–water partition coefficient (Wildman–Crippen LogP) is 2.11. The summed E-state index contributed by atoms with van der Waals surface area (Å²) in [6.45, 7) is 6.87. The summed E-state index contributed by atoms with van der Waals surface area (Å²) in [5.41, 5.74) is -0.666. The van der Waals surface area contributed by atoms with Crippen LogP contribution in [0.4, 0.5) is 9.32 Å². The largest absolute Gasteiger partial charge is 0.444 e. The third-order valence-electron chi connectivity index (χ3n) is 1.63. The van der Waals surface area contributed by atoms with E-state index in [0.29, 0.717) is 12.8 Å². The van der Waals surface area contributed by atoms with E-state index in [1.165, 1.54) is 0 Å². The molecule has 94 valence electrons. The number of hydrogen-bond donors (Lipinski definition) is 1. The fourth-order valence-corrected chi connectivity index (χ4v) is 1.04. The van der Waals surface area contributed by atoms with Crippen molar-refractivity contribution < 1.29 is 23.8 Å². The first kappa shape index (κ1) is 14.7. The van der Waals surface area contributed by atoms with E-state index in [4.69, 9.17) is 4.74 Å². The SMILES string of the molecule is CCC[C@H](NC(=O)OC(C)(C)C)C(=O)OF. The van der Waals surface area contributed by atoms with Crippen LogP contribution < -0.4 is 5.32 Å². The molecule has 0 radical (unpaired) electrons. The minimum Gasteiger partial charge on any atom is -0.444 e. The molecule has 0 aromatic heterocycles. The zero-order chi connectivity index (χ0) is 12.8. The molecule has 0 bridgehead atoms. The molecule has 1 amide bonds. The maximum Gasteiger partial charge on any atom is 0.408 e. The number of ether oxygens (including phenoxy) is 1. The molecule has 0 heterocycles. The lowest BCUT2D eigenvalue weighted by molar-refractivity contribution is -0.186. The summed E-state index contributed by atoms with van der Waals surface area (Å²) in [5.74, 6) is -1.12. The van der Waals surface area contributed by atoms with E-state index in [-0.39, 0.29) is 0 Å². The molecule has 0 saturated carbocycles. The minimum absolute atomic E-state index is 0.294. The lowest BCUT2D eigenvalue weighted by Crippen LogP contribution is -2.43. The summed E-state index contributed by atoms with van der Waals surface area (Å²) in [7, 11) is 0. The molecular weight excluding hydrogens is 217 g/mol. The number of carbonyl (C=O) groups is 2. The van der Waals surface area contributed by atoms with Crippen LogP contribution >= 0.6 is 0 Å². The van der Waals surface area contributed by atoms with E-state index in [9.17, 15) is 14.1 Å². The van der Waals surface area contributed by atoms with E-state index >= 15 is 0 Å². The predicted molar refractivity (Wildman–Crippen MR) is 55.3 cm³/mol. The molecule has 0 saturated heterocycles. The lowest BCUT2D eigenvalue weighted by Gasteiger charge is -2.21. The highest BCUT2D eigenvalue weighted by molar-refractivity contribution is 5.80. The van der Waals surface area contributed by atoms with Crippen molar-refractivity contribution in [2.24, 2.45) is 0 Å². The maximum absolute atomic E-state index is 11.7. The summed E-state index contributed by atoms with van der Waals surface area (Å²) in [4.78, 5) is 25.3. The van der Waals surface area contributed by atoms with Crippen LogP contribution in [0.5, 0.6) is 0 Å². The fraction of sp³-hybridized carbons (Fsp3) is 0.800. The van der Waals surface area contributed by atoms with Crippen molar-refractivity contribution in [2.75, 3.05) is 0 Å². The Morgan fingerprint density at radius 2 is 1.94 bits per heavy atom. The van der Waals surface area contributed by atoms with Gasteiger partial charge in [-0.25, -0.2) is 9.59 Å². The summed E-state index contributed by atoms with van der Waals surface area (Å²) in [5, 5.41) is 2.25. The summed E-state index contributed by atoms with van der Waals surface area (Å²) >= 11 is 0. The average Bonchev–Trinajstić information content (AvgIpc) is 2.13. The van der Waals surface area contributed by atoms with Crippen molar-refractivity contribution in [1.29, 1.82) is 0 Å². The van der Waals surface area contributed by atoms with Crippen LogP contribution in [0.1, 0.15) is 40.5 Å². The van der Waals surface area contributed by atoms with Gasteiger partial charge in [-0.15, -0.1) is 0 Å². The zero-order valence-corrected chi connectivity index (χ0v) is 10.0. The Hall–Kier alpha value is -1.33. The summed E-state index contributed by atoms with van der Waals surface area (Å²) in [6.07, 6.45) is 0.133.